The molecule has 0 spiro atoms. The van der Waals surface area contributed by atoms with Gasteiger partial charge in [-0.2, -0.15) is 8.78 Å². The Morgan fingerprint density at radius 2 is 2.28 bits per heavy atom. The summed E-state index contributed by atoms with van der Waals surface area (Å²) < 4.78 is 29.2. The van der Waals surface area contributed by atoms with E-state index in [2.05, 4.69) is 17.0 Å². The molecule has 2 nitrogen and oxygen atoms in total. The average Bonchev–Trinajstić information content (AvgIpc) is 2.68. The van der Waals surface area contributed by atoms with Gasteiger partial charge in [0, 0.05) is 10.6 Å². The van der Waals surface area contributed by atoms with Crippen LogP contribution in [0, 0.1) is 0 Å². The smallest absolute Gasteiger partial charge is 0.387 e. The first-order valence-corrected chi connectivity index (χ1v) is 6.35. The lowest BCUT2D eigenvalue weighted by molar-refractivity contribution is -0.0505. The second-order valence-electron chi connectivity index (χ2n) is 4.90. The first-order chi connectivity index (χ1) is 8.48. The van der Waals surface area contributed by atoms with Crippen molar-refractivity contribution in [3.8, 4) is 5.75 Å². The molecule has 1 aliphatic heterocycles. The number of rotatable bonds is 4. The maximum absolute atomic E-state index is 12.3. The van der Waals surface area contributed by atoms with Gasteiger partial charge in [0.25, 0.3) is 0 Å². The second kappa shape index (κ2) is 5.41. The van der Waals surface area contributed by atoms with E-state index in [1.165, 1.54) is 6.07 Å². The Kier molecular flexibility index (Phi) is 4.07. The fourth-order valence-electron chi connectivity index (χ4n) is 2.43. The topological polar surface area (TPSA) is 21.3 Å². The molecule has 1 aliphatic rings. The Bertz CT molecular complexity index is 419. The van der Waals surface area contributed by atoms with Crippen LogP contribution in [-0.4, -0.2) is 18.7 Å². The molecule has 1 unspecified atom stereocenters. The fraction of sp³-hybridized carbons (Fsp3) is 0.538. The molecule has 0 aliphatic carbocycles. The van der Waals surface area contributed by atoms with Gasteiger partial charge in [0.05, 0.1) is 0 Å². The van der Waals surface area contributed by atoms with Gasteiger partial charge < -0.3 is 10.1 Å². The minimum Gasteiger partial charge on any atom is -0.435 e. The zero-order valence-electron chi connectivity index (χ0n) is 10.2. The summed E-state index contributed by atoms with van der Waals surface area (Å²) in [6.07, 6.45) is 2.76. The number of halogens is 3. The normalized spacial score (nSPS) is 23.6. The molecule has 18 heavy (non-hydrogen) atoms. The van der Waals surface area contributed by atoms with E-state index in [0.29, 0.717) is 11.4 Å². The van der Waals surface area contributed by atoms with E-state index in [1.807, 2.05) is 0 Å². The summed E-state index contributed by atoms with van der Waals surface area (Å²) in [5.41, 5.74) is 0.657. The maximum atomic E-state index is 12.3. The van der Waals surface area contributed by atoms with Gasteiger partial charge in [-0.25, -0.2) is 0 Å². The highest BCUT2D eigenvalue weighted by molar-refractivity contribution is 6.30. The fourth-order valence-corrected chi connectivity index (χ4v) is 2.62. The Hall–Kier alpha value is -0.870. The van der Waals surface area contributed by atoms with Crippen molar-refractivity contribution in [2.45, 2.75) is 38.3 Å². The van der Waals surface area contributed by atoms with Crippen molar-refractivity contribution in [3.05, 3.63) is 28.8 Å². The molecule has 1 N–H and O–H groups in total. The van der Waals surface area contributed by atoms with Gasteiger partial charge in [-0.3, -0.25) is 0 Å². The van der Waals surface area contributed by atoms with E-state index in [-0.39, 0.29) is 11.3 Å². The highest BCUT2D eigenvalue weighted by atomic mass is 35.5. The third-order valence-corrected chi connectivity index (χ3v) is 3.51. The molecule has 1 fully saturated rings. The lowest BCUT2D eigenvalue weighted by Crippen LogP contribution is -2.38. The lowest BCUT2D eigenvalue weighted by Gasteiger charge is -2.25. The van der Waals surface area contributed by atoms with Gasteiger partial charge in [-0.1, -0.05) is 11.6 Å². The van der Waals surface area contributed by atoms with Crippen LogP contribution in [0.5, 0.6) is 5.75 Å². The lowest BCUT2D eigenvalue weighted by atomic mass is 9.91. The summed E-state index contributed by atoms with van der Waals surface area (Å²) >= 11 is 5.92. The molecule has 1 aromatic rings. The Balaban J connectivity index is 2.21. The summed E-state index contributed by atoms with van der Waals surface area (Å²) in [7, 11) is 0. The van der Waals surface area contributed by atoms with Crippen molar-refractivity contribution in [2.24, 2.45) is 0 Å². The zero-order chi connectivity index (χ0) is 13.2. The summed E-state index contributed by atoms with van der Waals surface area (Å²) in [4.78, 5) is 0. The van der Waals surface area contributed by atoms with Crippen LogP contribution in [0.25, 0.3) is 0 Å². The molecule has 0 aromatic heterocycles. The predicted octanol–water partition coefficient (Wildman–Crippen LogP) is 3.63. The first-order valence-electron chi connectivity index (χ1n) is 5.97. The molecule has 1 atom stereocenters. The van der Waals surface area contributed by atoms with E-state index >= 15 is 0 Å². The van der Waals surface area contributed by atoms with Crippen molar-refractivity contribution < 1.29 is 13.5 Å². The molecular formula is C13H16ClF2NO. The third-order valence-electron chi connectivity index (χ3n) is 3.28. The highest BCUT2D eigenvalue weighted by Gasteiger charge is 2.29. The molecule has 5 heteroatoms. The molecule has 1 saturated heterocycles. The Morgan fingerprint density at radius 1 is 1.50 bits per heavy atom. The second-order valence-corrected chi connectivity index (χ2v) is 5.33. The average molecular weight is 276 g/mol. The molecule has 2 rings (SSSR count). The number of hydrogen-bond acceptors (Lipinski definition) is 2. The minimum absolute atomic E-state index is 0.0646. The van der Waals surface area contributed by atoms with Crippen LogP contribution in [-0.2, 0) is 6.42 Å². The standard InChI is InChI=1S/C13H16ClF2NO/c1-13(5-2-6-17-13)8-9-7-10(14)3-4-11(9)18-12(15)16/h3-4,7,12,17H,2,5-6,8H2,1H3. The quantitative estimate of drug-likeness (QED) is 0.906. The van der Waals surface area contributed by atoms with Gasteiger partial charge >= 0.3 is 6.61 Å². The van der Waals surface area contributed by atoms with E-state index in [1.54, 1.807) is 12.1 Å². The molecule has 0 bridgehead atoms. The molecule has 0 amide bonds. The minimum atomic E-state index is -2.81. The summed E-state index contributed by atoms with van der Waals surface area (Å²) in [6.45, 7) is 0.240. The number of hydrogen-bond donors (Lipinski definition) is 1. The summed E-state index contributed by atoms with van der Waals surface area (Å²) in [5, 5.41) is 3.93. The molecular weight excluding hydrogens is 260 g/mol. The molecule has 1 heterocycles. The molecule has 0 saturated carbocycles. The van der Waals surface area contributed by atoms with Crippen molar-refractivity contribution >= 4 is 11.6 Å². The summed E-state index contributed by atoms with van der Waals surface area (Å²) in [6, 6.07) is 4.76. The van der Waals surface area contributed by atoms with Crippen LogP contribution in [0.2, 0.25) is 5.02 Å². The van der Waals surface area contributed by atoms with Gasteiger partial charge in [-0.05, 0) is 56.5 Å². The van der Waals surface area contributed by atoms with E-state index in [0.717, 1.165) is 24.9 Å². The molecule has 1 aromatic carbocycles. The Labute approximate surface area is 110 Å². The molecule has 0 radical (unpaired) electrons. The highest BCUT2D eigenvalue weighted by Crippen LogP contribution is 2.31. The van der Waals surface area contributed by atoms with Gasteiger partial charge in [0.1, 0.15) is 5.75 Å². The van der Waals surface area contributed by atoms with Crippen LogP contribution in [0.3, 0.4) is 0 Å². The number of ether oxygens (including phenoxy) is 1. The predicted molar refractivity (Wildman–Crippen MR) is 67.4 cm³/mol. The van der Waals surface area contributed by atoms with Crippen LogP contribution >= 0.6 is 11.6 Å². The summed E-state index contributed by atoms with van der Waals surface area (Å²) in [5.74, 6) is 0.212. The van der Waals surface area contributed by atoms with Crippen LogP contribution in [0.1, 0.15) is 25.3 Å². The van der Waals surface area contributed by atoms with Crippen LogP contribution in [0.15, 0.2) is 18.2 Å². The van der Waals surface area contributed by atoms with E-state index in [9.17, 15) is 8.78 Å². The van der Waals surface area contributed by atoms with Gasteiger partial charge in [-0.15, -0.1) is 0 Å². The first kappa shape index (κ1) is 13.6. The number of nitrogens with one attached hydrogen (secondary N) is 1. The van der Waals surface area contributed by atoms with Crippen molar-refractivity contribution in [1.29, 1.82) is 0 Å². The van der Waals surface area contributed by atoms with Crippen LogP contribution < -0.4 is 10.1 Å². The van der Waals surface area contributed by atoms with E-state index < -0.39 is 6.61 Å². The van der Waals surface area contributed by atoms with E-state index in [4.69, 9.17) is 11.6 Å². The Morgan fingerprint density at radius 3 is 2.89 bits per heavy atom. The third kappa shape index (κ3) is 3.33. The monoisotopic (exact) mass is 275 g/mol. The van der Waals surface area contributed by atoms with Crippen LogP contribution in [0.4, 0.5) is 8.78 Å². The maximum Gasteiger partial charge on any atom is 0.387 e. The van der Waals surface area contributed by atoms with Gasteiger partial charge in [0.15, 0.2) is 0 Å². The van der Waals surface area contributed by atoms with Crippen molar-refractivity contribution in [1.82, 2.24) is 5.32 Å². The molecule has 100 valence electrons. The largest absolute Gasteiger partial charge is 0.435 e. The van der Waals surface area contributed by atoms with Crippen molar-refractivity contribution in [3.63, 3.8) is 0 Å². The number of benzene rings is 1. The number of alkyl halides is 2. The van der Waals surface area contributed by atoms with Crippen molar-refractivity contribution in [2.75, 3.05) is 6.54 Å². The SMILES string of the molecule is CC1(Cc2cc(Cl)ccc2OC(F)F)CCCN1. The zero-order valence-corrected chi connectivity index (χ0v) is 10.9. The van der Waals surface area contributed by atoms with Gasteiger partial charge in [0.2, 0.25) is 0 Å².